The highest BCUT2D eigenvalue weighted by atomic mass is 35.5. The number of nitriles is 1. The largest absolute Gasteiger partial charge is 0.493 e. The molecule has 0 saturated heterocycles. The van der Waals surface area contributed by atoms with E-state index in [1.165, 1.54) is 13.2 Å². The lowest BCUT2D eigenvalue weighted by molar-refractivity contribution is -0.112. The van der Waals surface area contributed by atoms with Gasteiger partial charge in [0.1, 0.15) is 18.2 Å². The van der Waals surface area contributed by atoms with Gasteiger partial charge in [-0.2, -0.15) is 5.26 Å². The van der Waals surface area contributed by atoms with Gasteiger partial charge in [-0.05, 0) is 42.8 Å². The van der Waals surface area contributed by atoms with Gasteiger partial charge in [0.2, 0.25) is 0 Å². The predicted octanol–water partition coefficient (Wildman–Crippen LogP) is 4.21. The van der Waals surface area contributed by atoms with Crippen LogP contribution in [0.3, 0.4) is 0 Å². The molecule has 0 saturated carbocycles. The van der Waals surface area contributed by atoms with Crippen molar-refractivity contribution in [3.63, 3.8) is 0 Å². The van der Waals surface area contributed by atoms with Gasteiger partial charge in [0.15, 0.2) is 11.5 Å². The molecule has 0 unspecified atom stereocenters. The second-order valence-electron chi connectivity index (χ2n) is 5.52. The fraction of sp³-hybridized carbons (Fsp3) is 0.143. The third kappa shape index (κ3) is 5.28. The fourth-order valence-corrected chi connectivity index (χ4v) is 2.50. The number of nitrogens with zero attached hydrogens (tertiary/aromatic N) is 1. The summed E-state index contributed by atoms with van der Waals surface area (Å²) in [6.07, 6.45) is 6.61. The van der Waals surface area contributed by atoms with Crippen LogP contribution in [-0.2, 0) is 4.79 Å². The van der Waals surface area contributed by atoms with E-state index < -0.39 is 5.91 Å². The Morgan fingerprint density at radius 2 is 2.04 bits per heavy atom. The molecule has 0 bridgehead atoms. The number of aryl methyl sites for hydroxylation is 1. The Hall–Kier alpha value is -3.41. The van der Waals surface area contributed by atoms with Crippen molar-refractivity contribution in [3.05, 3.63) is 58.1 Å². The van der Waals surface area contributed by atoms with Crippen molar-refractivity contribution in [2.24, 2.45) is 0 Å². The van der Waals surface area contributed by atoms with Gasteiger partial charge in [0.05, 0.1) is 12.1 Å². The molecule has 0 aliphatic carbocycles. The first-order valence-corrected chi connectivity index (χ1v) is 8.30. The maximum absolute atomic E-state index is 12.4. The highest BCUT2D eigenvalue weighted by Crippen LogP contribution is 2.37. The first kappa shape index (κ1) is 19.9. The van der Waals surface area contributed by atoms with Crippen molar-refractivity contribution in [1.29, 1.82) is 5.26 Å². The number of hydrogen-bond acceptors (Lipinski definition) is 4. The zero-order valence-electron chi connectivity index (χ0n) is 14.9. The van der Waals surface area contributed by atoms with E-state index in [0.29, 0.717) is 22.7 Å². The number of ether oxygens (including phenoxy) is 2. The second-order valence-corrected chi connectivity index (χ2v) is 5.92. The zero-order chi connectivity index (χ0) is 19.8. The molecule has 1 N–H and O–H groups in total. The van der Waals surface area contributed by atoms with Crippen LogP contribution in [0.2, 0.25) is 5.02 Å². The number of amides is 1. The topological polar surface area (TPSA) is 71.3 Å². The lowest BCUT2D eigenvalue weighted by Gasteiger charge is -2.12. The molecular formula is C21H17ClN2O3. The molecule has 2 aromatic carbocycles. The lowest BCUT2D eigenvalue weighted by Crippen LogP contribution is -2.13. The average molecular weight is 381 g/mol. The van der Waals surface area contributed by atoms with Gasteiger partial charge in [-0.15, -0.1) is 6.42 Å². The molecule has 0 heterocycles. The molecule has 27 heavy (non-hydrogen) atoms. The minimum atomic E-state index is -0.524. The maximum atomic E-state index is 12.4. The zero-order valence-corrected chi connectivity index (χ0v) is 15.6. The van der Waals surface area contributed by atoms with Crippen molar-refractivity contribution in [1.82, 2.24) is 0 Å². The standard InChI is InChI=1S/C21H17ClN2O3/c1-4-9-27-20-18(22)11-15(12-19(20)26-3)10-16(13-23)21(25)24-17-7-5-14(2)6-8-17/h1,5-8,10-12H,9H2,2-3H3,(H,24,25)/b16-10+. The van der Waals surface area contributed by atoms with E-state index in [1.54, 1.807) is 24.3 Å². The molecular weight excluding hydrogens is 364 g/mol. The molecule has 0 spiro atoms. The molecule has 0 aliphatic heterocycles. The Morgan fingerprint density at radius 1 is 1.33 bits per heavy atom. The lowest BCUT2D eigenvalue weighted by atomic mass is 10.1. The Kier molecular flexibility index (Phi) is 6.88. The molecule has 0 aliphatic rings. The van der Waals surface area contributed by atoms with E-state index in [1.807, 2.05) is 25.1 Å². The minimum Gasteiger partial charge on any atom is -0.493 e. The smallest absolute Gasteiger partial charge is 0.266 e. The van der Waals surface area contributed by atoms with E-state index in [2.05, 4.69) is 11.2 Å². The minimum absolute atomic E-state index is 0.0354. The summed E-state index contributed by atoms with van der Waals surface area (Å²) in [6.45, 7) is 1.98. The molecule has 0 fully saturated rings. The number of benzene rings is 2. The highest BCUT2D eigenvalue weighted by molar-refractivity contribution is 6.32. The number of methoxy groups -OCH3 is 1. The number of nitrogens with one attached hydrogen (secondary N) is 1. The number of terminal acetylenes is 1. The van der Waals surface area contributed by atoms with E-state index in [0.717, 1.165) is 5.56 Å². The summed E-state index contributed by atoms with van der Waals surface area (Å²) in [4.78, 5) is 12.4. The van der Waals surface area contributed by atoms with Gasteiger partial charge in [-0.1, -0.05) is 35.2 Å². The van der Waals surface area contributed by atoms with Gasteiger partial charge in [0.25, 0.3) is 5.91 Å². The SMILES string of the molecule is C#CCOc1c(Cl)cc(/C=C(\C#N)C(=O)Nc2ccc(C)cc2)cc1OC. The number of carbonyl (C=O) groups excluding carboxylic acids is 1. The van der Waals surface area contributed by atoms with E-state index in [-0.39, 0.29) is 17.2 Å². The summed E-state index contributed by atoms with van der Waals surface area (Å²) in [5, 5.41) is 12.3. The van der Waals surface area contributed by atoms with Gasteiger partial charge in [0, 0.05) is 5.69 Å². The number of carbonyl (C=O) groups is 1. The van der Waals surface area contributed by atoms with Crippen molar-refractivity contribution in [2.45, 2.75) is 6.92 Å². The number of halogens is 1. The quantitative estimate of drug-likeness (QED) is 0.463. The van der Waals surface area contributed by atoms with Gasteiger partial charge in [-0.25, -0.2) is 0 Å². The summed E-state index contributed by atoms with van der Waals surface area (Å²) in [5.41, 5.74) is 2.10. The van der Waals surface area contributed by atoms with Crippen LogP contribution in [0.4, 0.5) is 5.69 Å². The van der Waals surface area contributed by atoms with Gasteiger partial charge < -0.3 is 14.8 Å². The van der Waals surface area contributed by atoms with Crippen LogP contribution >= 0.6 is 11.6 Å². The molecule has 0 aromatic heterocycles. The molecule has 5 nitrogen and oxygen atoms in total. The van der Waals surface area contributed by atoms with Crippen LogP contribution in [0.15, 0.2) is 42.0 Å². The summed E-state index contributed by atoms with van der Waals surface area (Å²) >= 11 is 6.21. The summed E-state index contributed by atoms with van der Waals surface area (Å²) in [6, 6.07) is 12.3. The molecule has 1 amide bonds. The van der Waals surface area contributed by atoms with Crippen LogP contribution in [0.5, 0.6) is 11.5 Å². The van der Waals surface area contributed by atoms with Crippen molar-refractivity contribution in [3.8, 4) is 29.9 Å². The number of anilines is 1. The van der Waals surface area contributed by atoms with Crippen LogP contribution in [-0.4, -0.2) is 19.6 Å². The molecule has 136 valence electrons. The Labute approximate surface area is 163 Å². The van der Waals surface area contributed by atoms with Crippen LogP contribution < -0.4 is 14.8 Å². The van der Waals surface area contributed by atoms with E-state index in [4.69, 9.17) is 27.5 Å². The van der Waals surface area contributed by atoms with Gasteiger partial charge in [-0.3, -0.25) is 4.79 Å². The third-order valence-corrected chi connectivity index (χ3v) is 3.82. The molecule has 2 aromatic rings. The molecule has 6 heteroatoms. The van der Waals surface area contributed by atoms with E-state index >= 15 is 0 Å². The normalized spacial score (nSPS) is 10.5. The van der Waals surface area contributed by atoms with Crippen molar-refractivity contribution in [2.75, 3.05) is 19.0 Å². The first-order chi connectivity index (χ1) is 13.0. The summed E-state index contributed by atoms with van der Waals surface area (Å²) in [7, 11) is 1.46. The van der Waals surface area contributed by atoms with Crippen molar-refractivity contribution >= 4 is 29.3 Å². The second kappa shape index (κ2) is 9.33. The summed E-state index contributed by atoms with van der Waals surface area (Å²) in [5.74, 6) is 2.47. The van der Waals surface area contributed by atoms with Crippen LogP contribution in [0.1, 0.15) is 11.1 Å². The first-order valence-electron chi connectivity index (χ1n) is 7.92. The molecule has 0 radical (unpaired) electrons. The van der Waals surface area contributed by atoms with Crippen molar-refractivity contribution < 1.29 is 14.3 Å². The number of hydrogen-bond donors (Lipinski definition) is 1. The molecule has 0 atom stereocenters. The Morgan fingerprint density at radius 3 is 2.63 bits per heavy atom. The predicted molar refractivity (Wildman–Crippen MR) is 106 cm³/mol. The Bertz CT molecular complexity index is 951. The van der Waals surface area contributed by atoms with Crippen LogP contribution in [0, 0.1) is 30.6 Å². The monoisotopic (exact) mass is 380 g/mol. The Balaban J connectivity index is 2.29. The summed E-state index contributed by atoms with van der Waals surface area (Å²) < 4.78 is 10.6. The average Bonchev–Trinajstić information content (AvgIpc) is 2.66. The third-order valence-electron chi connectivity index (χ3n) is 3.54. The number of rotatable bonds is 6. The van der Waals surface area contributed by atoms with E-state index in [9.17, 15) is 10.1 Å². The molecule has 2 rings (SSSR count). The van der Waals surface area contributed by atoms with Crippen LogP contribution in [0.25, 0.3) is 6.08 Å². The maximum Gasteiger partial charge on any atom is 0.266 e. The fourth-order valence-electron chi connectivity index (χ4n) is 2.23. The van der Waals surface area contributed by atoms with Gasteiger partial charge >= 0.3 is 0 Å². The highest BCUT2D eigenvalue weighted by Gasteiger charge is 2.14.